The van der Waals surface area contributed by atoms with Crippen molar-refractivity contribution in [1.82, 2.24) is 10.2 Å². The van der Waals surface area contributed by atoms with Crippen molar-refractivity contribution in [2.45, 2.75) is 6.92 Å². The van der Waals surface area contributed by atoms with Crippen LogP contribution in [0.1, 0.15) is 11.1 Å². The van der Waals surface area contributed by atoms with Gasteiger partial charge >= 0.3 is 0 Å². The maximum atomic E-state index is 8.74. The van der Waals surface area contributed by atoms with Crippen LogP contribution in [0.4, 0.5) is 0 Å². The lowest BCUT2D eigenvalue weighted by molar-refractivity contribution is 1.03. The zero-order valence-corrected chi connectivity index (χ0v) is 8.31. The fourth-order valence-electron chi connectivity index (χ4n) is 1.29. The van der Waals surface area contributed by atoms with Crippen LogP contribution < -0.4 is 0 Å². The summed E-state index contributed by atoms with van der Waals surface area (Å²) in [7, 11) is 0. The smallest absolute Gasteiger partial charge is 0.101 e. The Balaban J connectivity index is 2.46. The molecule has 0 aliphatic carbocycles. The number of hydrogen-bond donors (Lipinski definition) is 0. The fraction of sp³-hybridized carbons (Fsp3) is 0.0833. The summed E-state index contributed by atoms with van der Waals surface area (Å²) in [6, 6.07) is 11.7. The Bertz CT molecular complexity index is 509. The first-order valence-electron chi connectivity index (χ1n) is 4.59. The van der Waals surface area contributed by atoms with Crippen molar-refractivity contribution in [3.63, 3.8) is 0 Å². The van der Waals surface area contributed by atoms with E-state index in [-0.39, 0.29) is 0 Å². The van der Waals surface area contributed by atoms with Crippen molar-refractivity contribution in [3.8, 4) is 17.3 Å². The third kappa shape index (κ3) is 2.00. The molecule has 0 atom stereocenters. The minimum atomic E-state index is 0.528. The van der Waals surface area contributed by atoms with E-state index in [2.05, 4.69) is 10.2 Å². The minimum Gasteiger partial charge on any atom is -0.192 e. The lowest BCUT2D eigenvalue weighted by Gasteiger charge is -2.00. The lowest BCUT2D eigenvalue weighted by Crippen LogP contribution is -1.88. The molecule has 0 aliphatic heterocycles. The summed E-state index contributed by atoms with van der Waals surface area (Å²) in [6.45, 7) is 2.03. The first-order valence-corrected chi connectivity index (χ1v) is 4.59. The number of hydrogen-bond acceptors (Lipinski definition) is 3. The molecule has 2 rings (SSSR count). The summed E-state index contributed by atoms with van der Waals surface area (Å²) < 4.78 is 0. The van der Waals surface area contributed by atoms with Crippen LogP contribution in [0.3, 0.4) is 0 Å². The average Bonchev–Trinajstić information content (AvgIpc) is 2.30. The zero-order valence-electron chi connectivity index (χ0n) is 8.31. The van der Waals surface area contributed by atoms with Gasteiger partial charge in [-0.2, -0.15) is 15.5 Å². The Hall–Kier alpha value is -2.21. The second kappa shape index (κ2) is 3.89. The van der Waals surface area contributed by atoms with E-state index in [4.69, 9.17) is 5.26 Å². The monoisotopic (exact) mass is 195 g/mol. The molecule has 0 aliphatic rings. The third-order valence-corrected chi connectivity index (χ3v) is 2.13. The van der Waals surface area contributed by atoms with Gasteiger partial charge in [0.1, 0.15) is 6.07 Å². The van der Waals surface area contributed by atoms with Gasteiger partial charge in [0.15, 0.2) is 0 Å². The van der Waals surface area contributed by atoms with Crippen molar-refractivity contribution in [1.29, 1.82) is 5.26 Å². The van der Waals surface area contributed by atoms with E-state index >= 15 is 0 Å². The summed E-state index contributed by atoms with van der Waals surface area (Å²) in [5.41, 5.74) is 3.43. The third-order valence-electron chi connectivity index (χ3n) is 2.13. The van der Waals surface area contributed by atoms with Crippen LogP contribution in [-0.2, 0) is 0 Å². The molecule has 0 fully saturated rings. The van der Waals surface area contributed by atoms with E-state index in [0.29, 0.717) is 5.56 Å². The molecule has 0 unspecified atom stereocenters. The quantitative estimate of drug-likeness (QED) is 0.701. The predicted molar refractivity (Wildman–Crippen MR) is 56.9 cm³/mol. The molecule has 0 amide bonds. The molecule has 0 saturated carbocycles. The van der Waals surface area contributed by atoms with E-state index in [1.807, 2.05) is 37.3 Å². The van der Waals surface area contributed by atoms with Crippen molar-refractivity contribution >= 4 is 0 Å². The standard InChI is InChI=1S/C12H9N3/c1-9-2-4-11(5-3-9)12-6-10(7-13)8-14-15-12/h2-6,8H,1H3. The highest BCUT2D eigenvalue weighted by atomic mass is 15.1. The topological polar surface area (TPSA) is 49.6 Å². The molecule has 1 aromatic heterocycles. The van der Waals surface area contributed by atoms with Crippen LogP contribution in [0.15, 0.2) is 36.5 Å². The van der Waals surface area contributed by atoms with Gasteiger partial charge in [-0.1, -0.05) is 29.8 Å². The van der Waals surface area contributed by atoms with Gasteiger partial charge in [-0.15, -0.1) is 0 Å². The molecule has 2 aromatic rings. The highest BCUT2D eigenvalue weighted by Crippen LogP contribution is 2.17. The molecule has 3 heteroatoms. The van der Waals surface area contributed by atoms with Gasteiger partial charge in [0.05, 0.1) is 17.5 Å². The summed E-state index contributed by atoms with van der Waals surface area (Å²) >= 11 is 0. The first kappa shape index (κ1) is 9.35. The van der Waals surface area contributed by atoms with E-state index in [1.54, 1.807) is 6.07 Å². The van der Waals surface area contributed by atoms with Crippen LogP contribution in [0, 0.1) is 18.3 Å². The van der Waals surface area contributed by atoms with Crippen molar-refractivity contribution < 1.29 is 0 Å². The Kier molecular flexibility index (Phi) is 2.42. The van der Waals surface area contributed by atoms with Gasteiger partial charge < -0.3 is 0 Å². The molecule has 1 heterocycles. The number of rotatable bonds is 1. The molecular formula is C12H9N3. The maximum absolute atomic E-state index is 8.74. The number of aryl methyl sites for hydroxylation is 1. The second-order valence-corrected chi connectivity index (χ2v) is 3.31. The molecule has 0 radical (unpaired) electrons. The van der Waals surface area contributed by atoms with Gasteiger partial charge in [-0.25, -0.2) is 0 Å². The number of nitriles is 1. The Morgan fingerprint density at radius 3 is 2.60 bits per heavy atom. The van der Waals surface area contributed by atoms with Crippen LogP contribution in [0.25, 0.3) is 11.3 Å². The van der Waals surface area contributed by atoms with Gasteiger partial charge in [-0.3, -0.25) is 0 Å². The van der Waals surface area contributed by atoms with E-state index < -0.39 is 0 Å². The molecule has 0 spiro atoms. The molecule has 1 aromatic carbocycles. The largest absolute Gasteiger partial charge is 0.192 e. The normalized spacial score (nSPS) is 9.60. The van der Waals surface area contributed by atoms with E-state index in [0.717, 1.165) is 11.3 Å². The van der Waals surface area contributed by atoms with Gasteiger partial charge in [-0.05, 0) is 13.0 Å². The highest BCUT2D eigenvalue weighted by Gasteiger charge is 2.00. The molecule has 72 valence electrons. The average molecular weight is 195 g/mol. The van der Waals surface area contributed by atoms with Gasteiger partial charge in [0.2, 0.25) is 0 Å². The van der Waals surface area contributed by atoms with Gasteiger partial charge in [0.25, 0.3) is 0 Å². The van der Waals surface area contributed by atoms with E-state index in [9.17, 15) is 0 Å². The lowest BCUT2D eigenvalue weighted by atomic mass is 10.1. The van der Waals surface area contributed by atoms with E-state index in [1.165, 1.54) is 11.8 Å². The number of benzene rings is 1. The van der Waals surface area contributed by atoms with Crippen LogP contribution >= 0.6 is 0 Å². The molecule has 15 heavy (non-hydrogen) atoms. The molecule has 3 nitrogen and oxygen atoms in total. The Labute approximate surface area is 88.0 Å². The van der Waals surface area contributed by atoms with Crippen molar-refractivity contribution in [2.75, 3.05) is 0 Å². The van der Waals surface area contributed by atoms with Crippen LogP contribution in [0.2, 0.25) is 0 Å². The van der Waals surface area contributed by atoms with Crippen LogP contribution in [0.5, 0.6) is 0 Å². The summed E-state index contributed by atoms with van der Waals surface area (Å²) in [6.07, 6.45) is 1.46. The Morgan fingerprint density at radius 1 is 1.20 bits per heavy atom. The van der Waals surface area contributed by atoms with Crippen LogP contribution in [-0.4, -0.2) is 10.2 Å². The first-order chi connectivity index (χ1) is 7.29. The second-order valence-electron chi connectivity index (χ2n) is 3.31. The number of nitrogens with zero attached hydrogens (tertiary/aromatic N) is 3. The molecular weight excluding hydrogens is 186 g/mol. The summed E-state index contributed by atoms with van der Waals surface area (Å²) in [5.74, 6) is 0. The fourth-order valence-corrected chi connectivity index (χ4v) is 1.29. The highest BCUT2D eigenvalue weighted by molar-refractivity contribution is 5.60. The van der Waals surface area contributed by atoms with Gasteiger partial charge in [0, 0.05) is 5.56 Å². The van der Waals surface area contributed by atoms with Crippen molar-refractivity contribution in [3.05, 3.63) is 47.7 Å². The number of aromatic nitrogens is 2. The SMILES string of the molecule is Cc1ccc(-c2cc(C#N)cnn2)cc1. The zero-order chi connectivity index (χ0) is 10.7. The Morgan fingerprint density at radius 2 is 1.93 bits per heavy atom. The minimum absolute atomic E-state index is 0.528. The molecule has 0 bridgehead atoms. The predicted octanol–water partition coefficient (Wildman–Crippen LogP) is 2.32. The molecule has 0 saturated heterocycles. The van der Waals surface area contributed by atoms with Crippen molar-refractivity contribution in [2.24, 2.45) is 0 Å². The summed E-state index contributed by atoms with van der Waals surface area (Å²) in [5, 5.41) is 16.5. The summed E-state index contributed by atoms with van der Waals surface area (Å²) in [4.78, 5) is 0. The molecule has 0 N–H and O–H groups in total. The maximum Gasteiger partial charge on any atom is 0.101 e.